The molecular weight excluding hydrogens is 173 g/mol. The van der Waals surface area contributed by atoms with Crippen LogP contribution in [0.1, 0.15) is 5.56 Å². The topological polar surface area (TPSA) is 38.3 Å². The van der Waals surface area contributed by atoms with Crippen molar-refractivity contribution in [1.29, 1.82) is 0 Å². The van der Waals surface area contributed by atoms with Crippen LogP contribution in [-0.4, -0.2) is 12.5 Å². The summed E-state index contributed by atoms with van der Waals surface area (Å²) in [6.45, 7) is 1.44. The summed E-state index contributed by atoms with van der Waals surface area (Å²) in [5.41, 5.74) is 2.21. The van der Waals surface area contributed by atoms with Crippen molar-refractivity contribution in [3.63, 3.8) is 0 Å². The first-order chi connectivity index (χ1) is 6.22. The molecule has 0 amide bonds. The van der Waals surface area contributed by atoms with Crippen molar-refractivity contribution in [1.82, 2.24) is 5.54 Å². The summed E-state index contributed by atoms with van der Waals surface area (Å²) in [6, 6.07) is 6.99. The SMILES string of the molecule is Cc1cccc(OC(=O)CNF)c1. The zero-order chi connectivity index (χ0) is 9.68. The highest BCUT2D eigenvalue weighted by molar-refractivity contribution is 5.74. The van der Waals surface area contributed by atoms with Crippen LogP contribution in [0.15, 0.2) is 24.3 Å². The quantitative estimate of drug-likeness (QED) is 0.437. The smallest absolute Gasteiger partial charge is 0.328 e. The second-order valence-corrected chi connectivity index (χ2v) is 2.60. The normalized spacial score (nSPS) is 9.69. The van der Waals surface area contributed by atoms with Gasteiger partial charge in [0.2, 0.25) is 0 Å². The van der Waals surface area contributed by atoms with Crippen molar-refractivity contribution < 1.29 is 14.0 Å². The lowest BCUT2D eigenvalue weighted by atomic mass is 10.2. The Balaban J connectivity index is 2.58. The molecule has 0 aliphatic rings. The van der Waals surface area contributed by atoms with Crippen LogP contribution in [0.3, 0.4) is 0 Å². The summed E-state index contributed by atoms with van der Waals surface area (Å²) < 4.78 is 16.3. The Kier molecular flexibility index (Phi) is 3.40. The molecule has 0 saturated carbocycles. The lowest BCUT2D eigenvalue weighted by Gasteiger charge is -2.02. The Labute approximate surface area is 75.5 Å². The molecule has 0 radical (unpaired) electrons. The van der Waals surface area contributed by atoms with Crippen LogP contribution in [0.4, 0.5) is 4.48 Å². The number of esters is 1. The summed E-state index contributed by atoms with van der Waals surface area (Å²) in [5.74, 6) is -0.214. The molecule has 0 atom stereocenters. The molecule has 4 heteroatoms. The van der Waals surface area contributed by atoms with Crippen LogP contribution in [0, 0.1) is 6.92 Å². The van der Waals surface area contributed by atoms with E-state index in [4.69, 9.17) is 4.74 Å². The molecule has 70 valence electrons. The zero-order valence-electron chi connectivity index (χ0n) is 7.21. The van der Waals surface area contributed by atoms with Crippen molar-refractivity contribution >= 4 is 5.97 Å². The second kappa shape index (κ2) is 4.57. The van der Waals surface area contributed by atoms with Gasteiger partial charge in [0.1, 0.15) is 12.3 Å². The van der Waals surface area contributed by atoms with Crippen molar-refractivity contribution in [3.8, 4) is 5.75 Å². The van der Waals surface area contributed by atoms with E-state index in [1.165, 1.54) is 5.54 Å². The Morgan fingerprint density at radius 3 is 3.00 bits per heavy atom. The van der Waals surface area contributed by atoms with Gasteiger partial charge in [0.25, 0.3) is 0 Å². The van der Waals surface area contributed by atoms with E-state index in [-0.39, 0.29) is 0 Å². The predicted octanol–water partition coefficient (Wildman–Crippen LogP) is 1.37. The Morgan fingerprint density at radius 2 is 2.38 bits per heavy atom. The maximum absolute atomic E-state index is 11.5. The molecule has 0 aliphatic carbocycles. The summed E-state index contributed by atoms with van der Waals surface area (Å²) in [4.78, 5) is 10.8. The fourth-order valence-electron chi connectivity index (χ4n) is 0.901. The summed E-state index contributed by atoms with van der Waals surface area (Å²) in [7, 11) is 0. The van der Waals surface area contributed by atoms with Crippen LogP contribution >= 0.6 is 0 Å². The van der Waals surface area contributed by atoms with E-state index in [0.29, 0.717) is 5.75 Å². The van der Waals surface area contributed by atoms with Crippen LogP contribution < -0.4 is 10.3 Å². The third kappa shape index (κ3) is 3.21. The van der Waals surface area contributed by atoms with Crippen LogP contribution in [0.25, 0.3) is 0 Å². The number of rotatable bonds is 3. The van der Waals surface area contributed by atoms with Crippen LogP contribution in [0.5, 0.6) is 5.75 Å². The van der Waals surface area contributed by atoms with Crippen LogP contribution in [0.2, 0.25) is 0 Å². The molecule has 0 aromatic heterocycles. The van der Waals surface area contributed by atoms with Crippen molar-refractivity contribution in [3.05, 3.63) is 29.8 Å². The predicted molar refractivity (Wildman–Crippen MR) is 45.9 cm³/mol. The van der Waals surface area contributed by atoms with Gasteiger partial charge in [0.05, 0.1) is 0 Å². The number of carbonyl (C=O) groups is 1. The summed E-state index contributed by atoms with van der Waals surface area (Å²) >= 11 is 0. The Morgan fingerprint density at radius 1 is 1.62 bits per heavy atom. The monoisotopic (exact) mass is 183 g/mol. The maximum atomic E-state index is 11.5. The van der Waals surface area contributed by atoms with Gasteiger partial charge in [0, 0.05) is 0 Å². The first-order valence-electron chi connectivity index (χ1n) is 3.83. The zero-order valence-corrected chi connectivity index (χ0v) is 7.21. The van der Waals surface area contributed by atoms with Crippen LogP contribution in [-0.2, 0) is 4.79 Å². The van der Waals surface area contributed by atoms with Gasteiger partial charge in [-0.2, -0.15) is 0 Å². The maximum Gasteiger partial charge on any atom is 0.328 e. The average molecular weight is 183 g/mol. The largest absolute Gasteiger partial charge is 0.426 e. The molecular formula is C9H10FNO2. The van der Waals surface area contributed by atoms with E-state index in [2.05, 4.69) is 0 Å². The minimum absolute atomic E-state index is 0.431. The lowest BCUT2D eigenvalue weighted by Crippen LogP contribution is -2.20. The first kappa shape index (κ1) is 9.67. The molecule has 0 saturated heterocycles. The first-order valence-corrected chi connectivity index (χ1v) is 3.83. The van der Waals surface area contributed by atoms with Crippen molar-refractivity contribution in [2.45, 2.75) is 6.92 Å². The van der Waals surface area contributed by atoms with Gasteiger partial charge in [-0.15, -0.1) is 10.0 Å². The number of halogens is 1. The molecule has 1 aromatic carbocycles. The molecule has 13 heavy (non-hydrogen) atoms. The number of carbonyl (C=O) groups excluding carboxylic acids is 1. The minimum Gasteiger partial charge on any atom is -0.426 e. The highest BCUT2D eigenvalue weighted by Gasteiger charge is 2.03. The third-order valence-electron chi connectivity index (χ3n) is 1.43. The van der Waals surface area contributed by atoms with E-state index in [1.54, 1.807) is 18.2 Å². The summed E-state index contributed by atoms with van der Waals surface area (Å²) in [5, 5.41) is 0. The number of aryl methyl sites for hydroxylation is 1. The van der Waals surface area contributed by atoms with Gasteiger partial charge >= 0.3 is 5.97 Å². The molecule has 0 fully saturated rings. The van der Waals surface area contributed by atoms with Gasteiger partial charge in [-0.1, -0.05) is 12.1 Å². The molecule has 0 unspecified atom stereocenters. The molecule has 0 bridgehead atoms. The third-order valence-corrected chi connectivity index (χ3v) is 1.43. The molecule has 0 spiro atoms. The standard InChI is InChI=1S/C9H10FNO2/c1-7-3-2-4-8(5-7)13-9(12)6-11-10/h2-5,11H,6H2,1H3. The minimum atomic E-state index is -0.645. The van der Waals surface area contributed by atoms with E-state index in [0.717, 1.165) is 5.56 Å². The average Bonchev–Trinajstić information content (AvgIpc) is 2.04. The molecule has 3 nitrogen and oxygen atoms in total. The number of hydrogen-bond donors (Lipinski definition) is 1. The Hall–Kier alpha value is -1.42. The number of nitrogens with one attached hydrogen (secondary N) is 1. The number of benzene rings is 1. The highest BCUT2D eigenvalue weighted by Crippen LogP contribution is 2.11. The highest BCUT2D eigenvalue weighted by atomic mass is 19.2. The fraction of sp³-hybridized carbons (Fsp3) is 0.222. The van der Waals surface area contributed by atoms with Gasteiger partial charge in [-0.3, -0.25) is 4.79 Å². The van der Waals surface area contributed by atoms with Crippen molar-refractivity contribution in [2.75, 3.05) is 6.54 Å². The lowest BCUT2D eigenvalue weighted by molar-refractivity contribution is -0.134. The molecule has 0 heterocycles. The van der Waals surface area contributed by atoms with Gasteiger partial charge in [-0.25, -0.2) is 0 Å². The molecule has 1 aromatic rings. The van der Waals surface area contributed by atoms with Gasteiger partial charge in [-0.05, 0) is 24.6 Å². The second-order valence-electron chi connectivity index (χ2n) is 2.60. The number of ether oxygens (including phenoxy) is 1. The van der Waals surface area contributed by atoms with E-state index < -0.39 is 12.5 Å². The Bertz CT molecular complexity index is 301. The number of hydrogen-bond acceptors (Lipinski definition) is 3. The molecule has 1 rings (SSSR count). The molecule has 0 aliphatic heterocycles. The van der Waals surface area contributed by atoms with Gasteiger partial charge in [0.15, 0.2) is 0 Å². The van der Waals surface area contributed by atoms with Crippen molar-refractivity contribution in [2.24, 2.45) is 0 Å². The van der Waals surface area contributed by atoms with E-state index >= 15 is 0 Å². The fourth-order valence-corrected chi connectivity index (χ4v) is 0.901. The van der Waals surface area contributed by atoms with E-state index in [1.807, 2.05) is 13.0 Å². The summed E-state index contributed by atoms with van der Waals surface area (Å²) in [6.07, 6.45) is 0. The molecule has 1 N–H and O–H groups in total. The van der Waals surface area contributed by atoms with Gasteiger partial charge < -0.3 is 4.74 Å². The van der Waals surface area contributed by atoms with E-state index in [9.17, 15) is 9.28 Å².